The molecule has 17 heavy (non-hydrogen) atoms. The van der Waals surface area contributed by atoms with E-state index in [-0.39, 0.29) is 11.3 Å². The van der Waals surface area contributed by atoms with Crippen LogP contribution >= 0.6 is 0 Å². The van der Waals surface area contributed by atoms with Gasteiger partial charge in [-0.25, -0.2) is 0 Å². The van der Waals surface area contributed by atoms with Gasteiger partial charge in [-0.1, -0.05) is 20.3 Å². The largest absolute Gasteiger partial charge is 0.339 e. The van der Waals surface area contributed by atoms with Crippen molar-refractivity contribution in [3.05, 3.63) is 0 Å². The zero-order chi connectivity index (χ0) is 12.6. The fourth-order valence-electron chi connectivity index (χ4n) is 3.51. The van der Waals surface area contributed by atoms with Gasteiger partial charge < -0.3 is 10.2 Å². The van der Waals surface area contributed by atoms with Crippen LogP contribution in [0.2, 0.25) is 0 Å². The zero-order valence-electron chi connectivity index (χ0n) is 11.6. The lowest BCUT2D eigenvalue weighted by molar-refractivity contribution is -0.140. The van der Waals surface area contributed by atoms with Crippen LogP contribution in [0.25, 0.3) is 0 Å². The van der Waals surface area contributed by atoms with Crippen LogP contribution < -0.4 is 5.32 Å². The van der Waals surface area contributed by atoms with Crippen molar-refractivity contribution >= 4 is 5.91 Å². The standard InChI is InChI=1S/C14H26N2O/c1-10-8-16(9-11(2)15-10)13(17)12-6-5-7-14(12,3)4/h10-12,15H,5-9H2,1-4H3. The molecular formula is C14H26N2O. The topological polar surface area (TPSA) is 32.3 Å². The average Bonchev–Trinajstić information content (AvgIpc) is 2.55. The van der Waals surface area contributed by atoms with Crippen molar-refractivity contribution in [3.8, 4) is 0 Å². The maximum atomic E-state index is 12.6. The van der Waals surface area contributed by atoms with Gasteiger partial charge in [0.1, 0.15) is 0 Å². The van der Waals surface area contributed by atoms with Crippen LogP contribution in [0.1, 0.15) is 47.0 Å². The molecule has 1 aliphatic carbocycles. The van der Waals surface area contributed by atoms with Gasteiger partial charge in [-0.15, -0.1) is 0 Å². The Morgan fingerprint density at radius 2 is 1.82 bits per heavy atom. The van der Waals surface area contributed by atoms with Gasteiger partial charge in [-0.2, -0.15) is 0 Å². The summed E-state index contributed by atoms with van der Waals surface area (Å²) in [7, 11) is 0. The average molecular weight is 238 g/mol. The Kier molecular flexibility index (Phi) is 3.48. The Hall–Kier alpha value is -0.570. The summed E-state index contributed by atoms with van der Waals surface area (Å²) in [5.74, 6) is 0.646. The maximum absolute atomic E-state index is 12.6. The predicted octanol–water partition coefficient (Wildman–Crippen LogP) is 2.02. The Morgan fingerprint density at radius 1 is 1.24 bits per heavy atom. The first-order chi connectivity index (χ1) is 7.90. The van der Waals surface area contributed by atoms with Crippen molar-refractivity contribution < 1.29 is 4.79 Å². The summed E-state index contributed by atoms with van der Waals surface area (Å²) < 4.78 is 0. The molecule has 1 saturated heterocycles. The van der Waals surface area contributed by atoms with Crippen LogP contribution in [-0.4, -0.2) is 36.0 Å². The molecule has 98 valence electrons. The molecule has 3 unspecified atom stereocenters. The second-order valence-electron chi connectivity index (χ2n) is 6.65. The maximum Gasteiger partial charge on any atom is 0.226 e. The van der Waals surface area contributed by atoms with Gasteiger partial charge in [0.15, 0.2) is 0 Å². The minimum atomic E-state index is 0.203. The third kappa shape index (κ3) is 2.65. The number of amides is 1. The highest BCUT2D eigenvalue weighted by molar-refractivity contribution is 5.80. The molecule has 2 rings (SSSR count). The lowest BCUT2D eigenvalue weighted by Crippen LogP contribution is -2.57. The first-order valence-corrected chi connectivity index (χ1v) is 6.95. The molecule has 3 atom stereocenters. The van der Waals surface area contributed by atoms with Crippen LogP contribution in [0.3, 0.4) is 0 Å². The number of nitrogens with one attached hydrogen (secondary N) is 1. The van der Waals surface area contributed by atoms with Crippen molar-refractivity contribution in [2.24, 2.45) is 11.3 Å². The summed E-state index contributed by atoms with van der Waals surface area (Å²) in [6.45, 7) is 10.6. The van der Waals surface area contributed by atoms with Gasteiger partial charge in [-0.3, -0.25) is 4.79 Å². The van der Waals surface area contributed by atoms with E-state index in [0.29, 0.717) is 18.0 Å². The molecule has 2 fully saturated rings. The first-order valence-electron chi connectivity index (χ1n) is 6.95. The second-order valence-corrected chi connectivity index (χ2v) is 6.65. The number of carbonyl (C=O) groups excluding carboxylic acids is 1. The van der Waals surface area contributed by atoms with Crippen LogP contribution in [0.4, 0.5) is 0 Å². The Labute approximate surface area is 105 Å². The van der Waals surface area contributed by atoms with E-state index in [4.69, 9.17) is 0 Å². The lowest BCUT2D eigenvalue weighted by atomic mass is 9.81. The number of nitrogens with zero attached hydrogens (tertiary/aromatic N) is 1. The monoisotopic (exact) mass is 238 g/mol. The molecule has 2 aliphatic rings. The van der Waals surface area contributed by atoms with Crippen molar-refractivity contribution in [1.82, 2.24) is 10.2 Å². The van der Waals surface area contributed by atoms with E-state index in [2.05, 4.69) is 37.9 Å². The van der Waals surface area contributed by atoms with Crippen LogP contribution in [0.5, 0.6) is 0 Å². The molecule has 0 bridgehead atoms. The molecule has 1 heterocycles. The van der Waals surface area contributed by atoms with Crippen molar-refractivity contribution in [2.45, 2.75) is 59.0 Å². The summed E-state index contributed by atoms with van der Waals surface area (Å²) >= 11 is 0. The molecule has 0 spiro atoms. The summed E-state index contributed by atoms with van der Waals surface area (Å²) in [6.07, 6.45) is 3.49. The van der Waals surface area contributed by atoms with E-state index in [1.165, 1.54) is 12.8 Å². The van der Waals surface area contributed by atoms with E-state index in [0.717, 1.165) is 19.5 Å². The summed E-state index contributed by atoms with van der Waals surface area (Å²) in [4.78, 5) is 14.7. The molecule has 3 heteroatoms. The summed E-state index contributed by atoms with van der Waals surface area (Å²) in [5.41, 5.74) is 0.203. The van der Waals surface area contributed by atoms with E-state index in [1.54, 1.807) is 0 Å². The Morgan fingerprint density at radius 3 is 2.29 bits per heavy atom. The Bertz CT molecular complexity index is 291. The van der Waals surface area contributed by atoms with Gasteiger partial charge >= 0.3 is 0 Å². The van der Waals surface area contributed by atoms with Crippen LogP contribution in [0, 0.1) is 11.3 Å². The van der Waals surface area contributed by atoms with E-state index < -0.39 is 0 Å². The van der Waals surface area contributed by atoms with Crippen LogP contribution in [0.15, 0.2) is 0 Å². The smallest absolute Gasteiger partial charge is 0.226 e. The molecule has 0 aromatic heterocycles. The van der Waals surface area contributed by atoms with E-state index in [1.807, 2.05) is 0 Å². The van der Waals surface area contributed by atoms with Gasteiger partial charge in [-0.05, 0) is 32.1 Å². The van der Waals surface area contributed by atoms with Crippen LogP contribution in [-0.2, 0) is 4.79 Å². The molecule has 1 N–H and O–H groups in total. The molecule has 0 radical (unpaired) electrons. The highest BCUT2D eigenvalue weighted by Gasteiger charge is 2.42. The highest BCUT2D eigenvalue weighted by Crippen LogP contribution is 2.43. The van der Waals surface area contributed by atoms with E-state index >= 15 is 0 Å². The number of rotatable bonds is 1. The molecule has 1 aliphatic heterocycles. The molecule has 0 aromatic rings. The summed E-state index contributed by atoms with van der Waals surface area (Å²) in [5, 5.41) is 3.48. The van der Waals surface area contributed by atoms with Gasteiger partial charge in [0.2, 0.25) is 5.91 Å². The lowest BCUT2D eigenvalue weighted by Gasteiger charge is -2.39. The normalized spacial score (nSPS) is 37.2. The van der Waals surface area contributed by atoms with Gasteiger partial charge in [0.25, 0.3) is 0 Å². The number of carbonyl (C=O) groups is 1. The van der Waals surface area contributed by atoms with Crippen molar-refractivity contribution in [1.29, 1.82) is 0 Å². The molecule has 1 amide bonds. The quantitative estimate of drug-likeness (QED) is 0.758. The second kappa shape index (κ2) is 4.60. The minimum Gasteiger partial charge on any atom is -0.339 e. The van der Waals surface area contributed by atoms with Crippen molar-refractivity contribution in [2.75, 3.05) is 13.1 Å². The number of piperazine rings is 1. The SMILES string of the molecule is CC1CN(C(=O)C2CCCC2(C)C)CC(C)N1. The molecule has 3 nitrogen and oxygen atoms in total. The number of hydrogen-bond donors (Lipinski definition) is 1. The third-order valence-electron chi connectivity index (χ3n) is 4.42. The predicted molar refractivity (Wildman–Crippen MR) is 69.8 cm³/mol. The zero-order valence-corrected chi connectivity index (χ0v) is 11.6. The minimum absolute atomic E-state index is 0.203. The highest BCUT2D eigenvalue weighted by atomic mass is 16.2. The van der Waals surface area contributed by atoms with E-state index in [9.17, 15) is 4.79 Å². The fraction of sp³-hybridized carbons (Fsp3) is 0.929. The summed E-state index contributed by atoms with van der Waals surface area (Å²) in [6, 6.07) is 0.847. The Balaban J connectivity index is 2.04. The first kappa shape index (κ1) is 12.9. The van der Waals surface area contributed by atoms with Crippen molar-refractivity contribution in [3.63, 3.8) is 0 Å². The molecule has 0 aromatic carbocycles. The molecular weight excluding hydrogens is 212 g/mol. The number of hydrogen-bond acceptors (Lipinski definition) is 2. The third-order valence-corrected chi connectivity index (χ3v) is 4.42. The van der Waals surface area contributed by atoms with Gasteiger partial charge in [0, 0.05) is 31.1 Å². The van der Waals surface area contributed by atoms with Gasteiger partial charge in [0.05, 0.1) is 0 Å². The fourth-order valence-corrected chi connectivity index (χ4v) is 3.51. The molecule has 1 saturated carbocycles.